The van der Waals surface area contributed by atoms with Crippen LogP contribution in [-0.4, -0.2) is 5.97 Å². The van der Waals surface area contributed by atoms with E-state index in [0.29, 0.717) is 30.7 Å². The van der Waals surface area contributed by atoms with Crippen LogP contribution in [0.5, 0.6) is 17.2 Å². The highest BCUT2D eigenvalue weighted by molar-refractivity contribution is 9.15. The van der Waals surface area contributed by atoms with Gasteiger partial charge in [-0.3, -0.25) is 0 Å². The minimum atomic E-state index is -1.55. The van der Waals surface area contributed by atoms with E-state index < -0.39 is 5.97 Å². The molecule has 0 bridgehead atoms. The molecule has 0 unspecified atom stereocenters. The van der Waals surface area contributed by atoms with Crippen molar-refractivity contribution < 1.29 is 14.2 Å². The van der Waals surface area contributed by atoms with Crippen molar-refractivity contribution in [3.05, 3.63) is 76.7 Å². The van der Waals surface area contributed by atoms with Crippen LogP contribution in [0.2, 0.25) is 0 Å². The lowest BCUT2D eigenvalue weighted by atomic mass is 10.3. The minimum Gasteiger partial charge on any atom is -0.420 e. The normalized spacial score (nSPS) is 11.4. The average Bonchev–Trinajstić information content (AvgIpc) is 2.75. The molecule has 0 aliphatic heterocycles. The highest BCUT2D eigenvalue weighted by Gasteiger charge is 2.35. The van der Waals surface area contributed by atoms with E-state index >= 15 is 0 Å². The number of hydrogen-bond acceptors (Lipinski definition) is 3. The first-order chi connectivity index (χ1) is 14.9. The molecule has 0 radical (unpaired) electrons. The van der Waals surface area contributed by atoms with Crippen LogP contribution in [-0.2, 0) is 0 Å². The standard InChI is InChI=1S/C20H9Br9O3/c1-20(30-11-5-2-8(21)14(24)17(11)27,31-12-6-3-9(22)15(25)18(12)28)32-13-7-4-10(23)16(26)19(13)29/h2-7H,1H3. The Morgan fingerprint density at radius 2 is 0.688 bits per heavy atom. The molecule has 3 aromatic rings. The summed E-state index contributed by atoms with van der Waals surface area (Å²) in [5, 5.41) is 0. The van der Waals surface area contributed by atoms with E-state index in [1.54, 1.807) is 6.92 Å². The molecule has 0 spiro atoms. The van der Waals surface area contributed by atoms with Crippen LogP contribution < -0.4 is 14.2 Å². The molecule has 0 aliphatic carbocycles. The van der Waals surface area contributed by atoms with E-state index in [0.717, 1.165) is 26.8 Å². The number of benzene rings is 3. The molecule has 0 N–H and O–H groups in total. The average molecular weight is 1020 g/mol. The Bertz CT molecular complexity index is 1040. The molecule has 0 saturated carbocycles. The van der Waals surface area contributed by atoms with Crippen molar-refractivity contribution in [1.29, 1.82) is 0 Å². The third kappa shape index (κ3) is 6.38. The van der Waals surface area contributed by atoms with Gasteiger partial charge in [0.15, 0.2) is 0 Å². The molecular weight excluding hydrogens is 1010 g/mol. The van der Waals surface area contributed by atoms with Gasteiger partial charge in [0.1, 0.15) is 17.2 Å². The maximum Gasteiger partial charge on any atom is 0.414 e. The zero-order valence-electron chi connectivity index (χ0n) is 15.6. The number of hydrogen-bond donors (Lipinski definition) is 0. The van der Waals surface area contributed by atoms with Gasteiger partial charge in [-0.05, 0) is 180 Å². The SMILES string of the molecule is CC(Oc1ccc(Br)c(Br)c1Br)(Oc1ccc(Br)c(Br)c1Br)Oc1ccc(Br)c(Br)c1Br. The highest BCUT2D eigenvalue weighted by atomic mass is 79.9. The van der Waals surface area contributed by atoms with Crippen LogP contribution in [0.1, 0.15) is 6.92 Å². The van der Waals surface area contributed by atoms with Crippen LogP contribution in [0.3, 0.4) is 0 Å². The summed E-state index contributed by atoms with van der Waals surface area (Å²) in [6.45, 7) is 1.69. The van der Waals surface area contributed by atoms with Gasteiger partial charge in [-0.1, -0.05) is 0 Å². The lowest BCUT2D eigenvalue weighted by molar-refractivity contribution is -0.239. The summed E-state index contributed by atoms with van der Waals surface area (Å²) in [6, 6.07) is 11.0. The van der Waals surface area contributed by atoms with Crippen molar-refractivity contribution in [1.82, 2.24) is 0 Å². The van der Waals surface area contributed by atoms with E-state index in [2.05, 4.69) is 143 Å². The summed E-state index contributed by atoms with van der Waals surface area (Å²) in [5.74, 6) is -0.00649. The minimum absolute atomic E-state index is 0.516. The Morgan fingerprint density at radius 1 is 0.438 bits per heavy atom. The van der Waals surface area contributed by atoms with Crippen molar-refractivity contribution >= 4 is 143 Å². The van der Waals surface area contributed by atoms with Crippen molar-refractivity contribution in [3.8, 4) is 17.2 Å². The predicted octanol–water partition coefficient (Wildman–Crippen LogP) is 11.8. The van der Waals surface area contributed by atoms with Gasteiger partial charge in [0.25, 0.3) is 0 Å². The van der Waals surface area contributed by atoms with Crippen molar-refractivity contribution in [2.45, 2.75) is 12.9 Å². The molecule has 0 heterocycles. The fourth-order valence-electron chi connectivity index (χ4n) is 2.42. The summed E-state index contributed by atoms with van der Waals surface area (Å²) in [6.07, 6.45) is 0. The Morgan fingerprint density at radius 3 is 0.938 bits per heavy atom. The highest BCUT2D eigenvalue weighted by Crippen LogP contribution is 2.44. The third-order valence-corrected chi connectivity index (χ3v) is 13.9. The van der Waals surface area contributed by atoms with Gasteiger partial charge in [0, 0.05) is 26.8 Å². The molecule has 170 valence electrons. The van der Waals surface area contributed by atoms with Gasteiger partial charge in [-0.25, -0.2) is 0 Å². The molecule has 32 heavy (non-hydrogen) atoms. The molecule has 3 rings (SSSR count). The molecular formula is C20H9Br9O3. The fraction of sp³-hybridized carbons (Fsp3) is 0.100. The lowest BCUT2D eigenvalue weighted by Crippen LogP contribution is -2.45. The zero-order chi connectivity index (χ0) is 23.8. The first-order valence-corrected chi connectivity index (χ1v) is 15.5. The Balaban J connectivity index is 2.07. The van der Waals surface area contributed by atoms with E-state index in [1.807, 2.05) is 36.4 Å². The van der Waals surface area contributed by atoms with Gasteiger partial charge in [0.2, 0.25) is 0 Å². The summed E-state index contributed by atoms with van der Waals surface area (Å²) in [5.41, 5.74) is 0. The van der Waals surface area contributed by atoms with Crippen LogP contribution >= 0.6 is 143 Å². The first kappa shape index (κ1) is 28.0. The molecule has 0 fully saturated rings. The Kier molecular flexibility index (Phi) is 10.2. The summed E-state index contributed by atoms with van der Waals surface area (Å²) < 4.78 is 26.0. The maximum absolute atomic E-state index is 6.29. The Hall–Kier alpha value is 1.38. The van der Waals surface area contributed by atoms with E-state index in [4.69, 9.17) is 14.2 Å². The number of halogens is 9. The van der Waals surface area contributed by atoms with Crippen molar-refractivity contribution in [3.63, 3.8) is 0 Å². The van der Waals surface area contributed by atoms with Gasteiger partial charge < -0.3 is 14.2 Å². The lowest BCUT2D eigenvalue weighted by Gasteiger charge is -2.32. The molecule has 12 heteroatoms. The van der Waals surface area contributed by atoms with Gasteiger partial charge in [0.05, 0.1) is 20.3 Å². The fourth-order valence-corrected chi connectivity index (χ4v) is 6.47. The second-order valence-electron chi connectivity index (χ2n) is 6.19. The van der Waals surface area contributed by atoms with Gasteiger partial charge >= 0.3 is 5.97 Å². The summed E-state index contributed by atoms with van der Waals surface area (Å²) in [4.78, 5) is 0. The largest absolute Gasteiger partial charge is 0.420 e. The van der Waals surface area contributed by atoms with Crippen LogP contribution in [0.4, 0.5) is 0 Å². The number of rotatable bonds is 6. The van der Waals surface area contributed by atoms with E-state index in [1.165, 1.54) is 0 Å². The maximum atomic E-state index is 6.29. The van der Waals surface area contributed by atoms with Gasteiger partial charge in [-0.2, -0.15) is 0 Å². The molecule has 0 aromatic heterocycles. The van der Waals surface area contributed by atoms with E-state index in [-0.39, 0.29) is 0 Å². The zero-order valence-corrected chi connectivity index (χ0v) is 29.9. The molecule has 0 amide bonds. The smallest absolute Gasteiger partial charge is 0.414 e. The van der Waals surface area contributed by atoms with Gasteiger partial charge in [-0.15, -0.1) is 0 Å². The van der Waals surface area contributed by atoms with Crippen LogP contribution in [0, 0.1) is 0 Å². The van der Waals surface area contributed by atoms with Crippen molar-refractivity contribution in [2.75, 3.05) is 0 Å². The second-order valence-corrected chi connectivity index (χ2v) is 13.5. The molecule has 0 saturated heterocycles. The molecule has 3 aromatic carbocycles. The first-order valence-electron chi connectivity index (χ1n) is 8.41. The molecule has 3 nitrogen and oxygen atoms in total. The second kappa shape index (κ2) is 11.6. The monoisotopic (exact) mass is 1010 g/mol. The van der Waals surface area contributed by atoms with Crippen LogP contribution in [0.15, 0.2) is 76.7 Å². The topological polar surface area (TPSA) is 27.7 Å². The predicted molar refractivity (Wildman–Crippen MR) is 159 cm³/mol. The quantitative estimate of drug-likeness (QED) is 0.182. The Labute approximate surface area is 260 Å². The van der Waals surface area contributed by atoms with Crippen LogP contribution in [0.25, 0.3) is 0 Å². The molecule has 0 atom stereocenters. The summed E-state index contributed by atoms with van der Waals surface area (Å²) >= 11 is 31.8. The number of ether oxygens (including phenoxy) is 3. The summed E-state index contributed by atoms with van der Waals surface area (Å²) in [7, 11) is 0. The molecule has 0 aliphatic rings. The third-order valence-electron chi connectivity index (χ3n) is 3.89. The van der Waals surface area contributed by atoms with Crippen molar-refractivity contribution in [2.24, 2.45) is 0 Å². The van der Waals surface area contributed by atoms with E-state index in [9.17, 15) is 0 Å².